The van der Waals surface area contributed by atoms with E-state index >= 15 is 0 Å². The van der Waals surface area contributed by atoms with Crippen LogP contribution in [0.2, 0.25) is 0 Å². The van der Waals surface area contributed by atoms with Gasteiger partial charge in [-0.05, 0) is 0 Å². The molecule has 46 valence electrons. The topological polar surface area (TPSA) is 17.1 Å². The molecule has 1 aliphatic rings. The number of carbonyl (C=O) groups is 1. The summed E-state index contributed by atoms with van der Waals surface area (Å²) in [7, 11) is 0. The Balaban J connectivity index is 2.88. The monoisotopic (exact) mass is 120 g/mol. The molecule has 0 aromatic rings. The summed E-state index contributed by atoms with van der Waals surface area (Å²) in [5, 5.41) is 0. The maximum absolute atomic E-state index is 10.8. The van der Waals surface area contributed by atoms with Crippen LogP contribution in [-0.2, 0) is 4.79 Å². The van der Waals surface area contributed by atoms with Crippen LogP contribution in [0.5, 0.6) is 0 Å². The Morgan fingerprint density at radius 1 is 1.44 bits per heavy atom. The third-order valence-electron chi connectivity index (χ3n) is 1.34. The fourth-order valence-electron chi connectivity index (χ4n) is 0.799. The van der Waals surface area contributed by atoms with Crippen LogP contribution in [0.4, 0.5) is 0 Å². The largest absolute Gasteiger partial charge is 0.293 e. The highest BCUT2D eigenvalue weighted by atomic mass is 16.1. The summed E-state index contributed by atoms with van der Waals surface area (Å²) in [4.78, 5) is 10.8. The average Bonchev–Trinajstić information content (AvgIpc) is 1.89. The van der Waals surface area contributed by atoms with Crippen molar-refractivity contribution in [1.29, 1.82) is 0 Å². The van der Waals surface area contributed by atoms with E-state index in [0.717, 1.165) is 5.57 Å². The van der Waals surface area contributed by atoms with Gasteiger partial charge in [-0.2, -0.15) is 0 Å². The van der Waals surface area contributed by atoms with E-state index in [-0.39, 0.29) is 5.78 Å². The van der Waals surface area contributed by atoms with E-state index in [1.54, 1.807) is 0 Å². The predicted octanol–water partition coefficient (Wildman–Crippen LogP) is 1.62. The first-order valence-corrected chi connectivity index (χ1v) is 2.91. The van der Waals surface area contributed by atoms with Crippen molar-refractivity contribution < 1.29 is 4.79 Å². The lowest BCUT2D eigenvalue weighted by Crippen LogP contribution is -2.02. The fourth-order valence-corrected chi connectivity index (χ4v) is 0.799. The molecule has 0 fully saturated rings. The summed E-state index contributed by atoms with van der Waals surface area (Å²) in [5.41, 5.74) is 3.34. The third-order valence-corrected chi connectivity index (χ3v) is 1.34. The standard InChI is InChI=1S/C8H8O/c1-2-7-5-3-4-6-8(7)9/h3-4H,1,5-6H2. The van der Waals surface area contributed by atoms with E-state index in [0.29, 0.717) is 12.8 Å². The van der Waals surface area contributed by atoms with Crippen molar-refractivity contribution >= 4 is 5.78 Å². The molecule has 0 spiro atoms. The molecule has 0 aromatic heterocycles. The normalized spacial score (nSPS) is 17.8. The van der Waals surface area contributed by atoms with Crippen molar-refractivity contribution in [3.05, 3.63) is 30.0 Å². The van der Waals surface area contributed by atoms with Gasteiger partial charge in [-0.15, -0.1) is 5.73 Å². The van der Waals surface area contributed by atoms with E-state index in [2.05, 4.69) is 12.3 Å². The van der Waals surface area contributed by atoms with Crippen molar-refractivity contribution in [2.24, 2.45) is 0 Å². The Morgan fingerprint density at radius 2 is 2.11 bits per heavy atom. The first-order chi connectivity index (χ1) is 4.34. The van der Waals surface area contributed by atoms with E-state index in [1.807, 2.05) is 12.2 Å². The summed E-state index contributed by atoms with van der Waals surface area (Å²) in [5.74, 6) is 0.160. The summed E-state index contributed by atoms with van der Waals surface area (Å²) in [6.07, 6.45) is 5.08. The van der Waals surface area contributed by atoms with Gasteiger partial charge in [0, 0.05) is 18.4 Å². The zero-order chi connectivity index (χ0) is 6.69. The first kappa shape index (κ1) is 6.06. The van der Waals surface area contributed by atoms with Crippen molar-refractivity contribution in [2.45, 2.75) is 12.8 Å². The summed E-state index contributed by atoms with van der Waals surface area (Å²) < 4.78 is 0. The molecule has 0 unspecified atom stereocenters. The molecular weight excluding hydrogens is 112 g/mol. The van der Waals surface area contributed by atoms with Gasteiger partial charge in [-0.1, -0.05) is 18.7 Å². The quantitative estimate of drug-likeness (QED) is 0.269. The number of rotatable bonds is 0. The van der Waals surface area contributed by atoms with Crippen molar-refractivity contribution in [3.8, 4) is 0 Å². The second kappa shape index (κ2) is 2.47. The highest BCUT2D eigenvalue weighted by molar-refractivity contribution is 5.97. The molecule has 1 rings (SSSR count). The minimum atomic E-state index is 0.160. The molecule has 1 nitrogen and oxygen atoms in total. The molecule has 0 saturated heterocycles. The van der Waals surface area contributed by atoms with Crippen LogP contribution in [0.15, 0.2) is 30.0 Å². The molecule has 0 N–H and O–H groups in total. The van der Waals surface area contributed by atoms with Crippen LogP contribution in [0.25, 0.3) is 0 Å². The molecule has 0 radical (unpaired) electrons. The molecule has 1 aliphatic carbocycles. The van der Waals surface area contributed by atoms with Crippen LogP contribution >= 0.6 is 0 Å². The molecule has 0 atom stereocenters. The smallest absolute Gasteiger partial charge is 0.170 e. The van der Waals surface area contributed by atoms with Crippen LogP contribution in [0.1, 0.15) is 12.8 Å². The maximum Gasteiger partial charge on any atom is 0.170 e. The van der Waals surface area contributed by atoms with E-state index < -0.39 is 0 Å². The van der Waals surface area contributed by atoms with Crippen LogP contribution in [0, 0.1) is 0 Å². The maximum atomic E-state index is 10.8. The minimum absolute atomic E-state index is 0.160. The Bertz CT molecular complexity index is 205. The van der Waals surface area contributed by atoms with Crippen LogP contribution < -0.4 is 0 Å². The Labute approximate surface area is 54.4 Å². The number of ketones is 1. The SMILES string of the molecule is C=C=C1CC=CCC1=O. The Morgan fingerprint density at radius 3 is 2.56 bits per heavy atom. The lowest BCUT2D eigenvalue weighted by Gasteiger charge is -2.02. The van der Waals surface area contributed by atoms with Gasteiger partial charge in [-0.3, -0.25) is 4.79 Å². The summed E-state index contributed by atoms with van der Waals surface area (Å²) >= 11 is 0. The first-order valence-electron chi connectivity index (χ1n) is 2.91. The number of hydrogen-bond donors (Lipinski definition) is 0. The number of hydrogen-bond acceptors (Lipinski definition) is 1. The molecule has 0 saturated carbocycles. The fraction of sp³-hybridized carbons (Fsp3) is 0.250. The van der Waals surface area contributed by atoms with Gasteiger partial charge in [0.2, 0.25) is 0 Å². The van der Waals surface area contributed by atoms with Crippen molar-refractivity contribution in [3.63, 3.8) is 0 Å². The van der Waals surface area contributed by atoms with Gasteiger partial charge >= 0.3 is 0 Å². The highest BCUT2D eigenvalue weighted by Gasteiger charge is 2.08. The Kier molecular flexibility index (Phi) is 1.66. The van der Waals surface area contributed by atoms with Crippen LogP contribution in [-0.4, -0.2) is 5.78 Å². The Hall–Kier alpha value is -1.07. The molecule has 1 heteroatoms. The second-order valence-electron chi connectivity index (χ2n) is 1.96. The average molecular weight is 120 g/mol. The highest BCUT2D eigenvalue weighted by Crippen LogP contribution is 2.10. The molecule has 0 bridgehead atoms. The molecule has 9 heavy (non-hydrogen) atoms. The second-order valence-corrected chi connectivity index (χ2v) is 1.96. The molecule has 0 heterocycles. The number of Topliss-reactive ketones (excluding diaryl/α,β-unsaturated/α-hetero) is 1. The molecule has 0 aliphatic heterocycles. The van der Waals surface area contributed by atoms with Gasteiger partial charge in [0.05, 0.1) is 0 Å². The molecule has 0 aromatic carbocycles. The molecular formula is C8H8O. The zero-order valence-corrected chi connectivity index (χ0v) is 5.18. The van der Waals surface area contributed by atoms with Gasteiger partial charge in [0.1, 0.15) is 0 Å². The summed E-state index contributed by atoms with van der Waals surface area (Å²) in [6, 6.07) is 0. The summed E-state index contributed by atoms with van der Waals surface area (Å²) in [6.45, 7) is 3.42. The molecule has 0 amide bonds. The third kappa shape index (κ3) is 1.18. The van der Waals surface area contributed by atoms with Crippen LogP contribution in [0.3, 0.4) is 0 Å². The lowest BCUT2D eigenvalue weighted by atomic mass is 10.0. The van der Waals surface area contributed by atoms with Crippen molar-refractivity contribution in [1.82, 2.24) is 0 Å². The number of carbonyl (C=O) groups excluding carboxylic acids is 1. The van der Waals surface area contributed by atoms with Gasteiger partial charge < -0.3 is 0 Å². The lowest BCUT2D eigenvalue weighted by molar-refractivity contribution is -0.115. The predicted molar refractivity (Wildman–Crippen MR) is 36.0 cm³/mol. The van der Waals surface area contributed by atoms with Gasteiger partial charge in [0.15, 0.2) is 5.78 Å². The number of allylic oxidation sites excluding steroid dienone is 3. The van der Waals surface area contributed by atoms with Gasteiger partial charge in [0.25, 0.3) is 0 Å². The van der Waals surface area contributed by atoms with E-state index in [9.17, 15) is 4.79 Å². The van der Waals surface area contributed by atoms with E-state index in [1.165, 1.54) is 0 Å². The van der Waals surface area contributed by atoms with Crippen molar-refractivity contribution in [2.75, 3.05) is 0 Å². The van der Waals surface area contributed by atoms with E-state index in [4.69, 9.17) is 0 Å². The zero-order valence-electron chi connectivity index (χ0n) is 5.18. The minimum Gasteiger partial charge on any atom is -0.293 e. The van der Waals surface area contributed by atoms with Gasteiger partial charge in [-0.25, -0.2) is 0 Å².